The van der Waals surface area contributed by atoms with Crippen LogP contribution < -0.4 is 0 Å². The summed E-state index contributed by atoms with van der Waals surface area (Å²) in [6, 6.07) is 1.48. The van der Waals surface area contributed by atoms with Crippen molar-refractivity contribution in [1.82, 2.24) is 9.13 Å². The summed E-state index contributed by atoms with van der Waals surface area (Å²) in [7, 11) is 0. The van der Waals surface area contributed by atoms with Gasteiger partial charge in [-0.15, -0.1) is 22.7 Å². The molecule has 0 saturated carbocycles. The van der Waals surface area contributed by atoms with Gasteiger partial charge < -0.3 is 9.13 Å². The maximum Gasteiger partial charge on any atom is 0.220 e. The number of nitriles is 1. The Morgan fingerprint density at radius 1 is 0.485 bits per heavy atom. The average molecular weight is 922 g/mol. The van der Waals surface area contributed by atoms with Crippen LogP contribution in [0.2, 0.25) is 0 Å². The molecule has 0 amide bonds. The van der Waals surface area contributed by atoms with E-state index in [1.807, 2.05) is 12.1 Å². The van der Waals surface area contributed by atoms with Crippen molar-refractivity contribution >= 4 is 112 Å². The van der Waals surface area contributed by atoms with E-state index in [4.69, 9.17) is 12.3 Å². The third-order valence-corrected chi connectivity index (χ3v) is 14.7. The van der Waals surface area contributed by atoms with Crippen LogP contribution in [-0.4, -0.2) is 9.13 Å². The van der Waals surface area contributed by atoms with Crippen molar-refractivity contribution < 1.29 is 31.5 Å². The van der Waals surface area contributed by atoms with Gasteiger partial charge in [-0.2, -0.15) is 5.26 Å². The first-order chi connectivity index (χ1) is 43.2. The fraction of sp³-hybridized carbons (Fsp3) is 0. The van der Waals surface area contributed by atoms with Gasteiger partial charge in [-0.3, -0.25) is 0 Å². The van der Waals surface area contributed by atoms with E-state index in [0.29, 0.717) is 40.3 Å². The second kappa shape index (κ2) is 14.9. The summed E-state index contributed by atoms with van der Waals surface area (Å²) < 4.78 is 219. The van der Waals surface area contributed by atoms with Crippen molar-refractivity contribution in [3.8, 4) is 50.8 Å². The van der Waals surface area contributed by atoms with Crippen LogP contribution in [0.3, 0.4) is 0 Å². The normalized spacial score (nSPS) is 16.5. The number of hydrogen-bond acceptors (Lipinski definition) is 3. The molecule has 0 aliphatic carbocycles. The molecule has 14 rings (SSSR count). The molecule has 10 aromatic carbocycles. The van der Waals surface area contributed by atoms with E-state index >= 15 is 0 Å². The summed E-state index contributed by atoms with van der Waals surface area (Å²) in [6.45, 7) is 9.41. The third-order valence-electron chi connectivity index (χ3n) is 12.3. The Labute approximate surface area is 430 Å². The van der Waals surface area contributed by atoms with E-state index in [1.54, 1.807) is 54.6 Å². The number of fused-ring (bicyclic) bond motifs is 14. The Kier molecular flexibility index (Phi) is 4.84. The topological polar surface area (TPSA) is 38.0 Å². The Bertz CT molecular complexity index is 5760. The van der Waals surface area contributed by atoms with Gasteiger partial charge in [0.15, 0.2) is 0 Å². The molecule has 0 aliphatic rings. The summed E-state index contributed by atoms with van der Waals surface area (Å²) in [5, 5.41) is 14.1. The molecule has 0 aliphatic heterocycles. The van der Waals surface area contributed by atoms with Crippen molar-refractivity contribution in [2.45, 2.75) is 0 Å². The van der Waals surface area contributed by atoms with Gasteiger partial charge in [-0.05, 0) is 52.5 Å². The number of thiophene rings is 2. The lowest BCUT2D eigenvalue weighted by molar-refractivity contribution is 1.14. The minimum atomic E-state index is -1.01. The zero-order chi connectivity index (χ0) is 65.1. The zero-order valence-electron chi connectivity index (χ0n) is 57.5. The van der Waals surface area contributed by atoms with Crippen molar-refractivity contribution in [3.05, 3.63) is 223 Å². The van der Waals surface area contributed by atoms with Crippen LogP contribution in [0.15, 0.2) is 206 Å². The molecular formula is C62H34N4S2. The molecule has 4 heterocycles. The predicted octanol–water partition coefficient (Wildman–Crippen LogP) is 18.0. The second-order valence-electron chi connectivity index (χ2n) is 15.6. The highest BCUT2D eigenvalue weighted by atomic mass is 32.1. The summed E-state index contributed by atoms with van der Waals surface area (Å²) in [6.07, 6.45) is 0. The number of nitrogens with zero attached hydrogens (tertiary/aromatic N) is 4. The number of benzene rings is 10. The largest absolute Gasteiger partial charge is 0.318 e. The van der Waals surface area contributed by atoms with Gasteiger partial charge in [-0.25, -0.2) is 4.85 Å². The lowest BCUT2D eigenvalue weighted by Gasteiger charge is -2.26. The molecule has 0 N–H and O–H groups in total. The first kappa shape index (κ1) is 22.1. The molecule has 4 aromatic heterocycles. The van der Waals surface area contributed by atoms with Crippen molar-refractivity contribution in [3.63, 3.8) is 0 Å². The van der Waals surface area contributed by atoms with Crippen molar-refractivity contribution in [2.24, 2.45) is 0 Å². The fourth-order valence-electron chi connectivity index (χ4n) is 9.69. The van der Waals surface area contributed by atoms with E-state index in [9.17, 15) is 31.0 Å². The Morgan fingerprint density at radius 2 is 1.00 bits per heavy atom. The van der Waals surface area contributed by atoms with E-state index in [1.165, 1.54) is 27.2 Å². The number of aromatic nitrogens is 2. The van der Waals surface area contributed by atoms with Crippen molar-refractivity contribution in [2.75, 3.05) is 0 Å². The molecule has 0 radical (unpaired) electrons. The minimum Gasteiger partial charge on any atom is -0.318 e. The zero-order valence-corrected chi connectivity index (χ0v) is 36.1. The monoisotopic (exact) mass is 921 g/mol. The van der Waals surface area contributed by atoms with E-state index in [-0.39, 0.29) is 32.9 Å². The molecule has 0 atom stereocenters. The Hall–Kier alpha value is -8.78. The fourth-order valence-corrected chi connectivity index (χ4v) is 12.2. The molecule has 0 bridgehead atoms. The van der Waals surface area contributed by atoms with Gasteiger partial charge in [0.2, 0.25) is 5.69 Å². The maximum absolute atomic E-state index is 12.5. The molecular weight excluding hydrogens is 865 g/mol. The molecule has 4 nitrogen and oxygen atoms in total. The minimum absolute atomic E-state index is 0.0355. The summed E-state index contributed by atoms with van der Waals surface area (Å²) in [4.78, 5) is 3.99. The van der Waals surface area contributed by atoms with Crippen LogP contribution in [0, 0.1) is 17.9 Å². The summed E-state index contributed by atoms with van der Waals surface area (Å²) in [5.74, 6) is 0. The molecule has 6 heteroatoms. The van der Waals surface area contributed by atoms with Gasteiger partial charge in [0, 0.05) is 63.6 Å². The average Bonchev–Trinajstić information content (AvgIpc) is 1.59. The van der Waals surface area contributed by atoms with Gasteiger partial charge in [0.1, 0.15) is 6.07 Å². The lowest BCUT2D eigenvalue weighted by atomic mass is 9.88. The van der Waals surface area contributed by atoms with Crippen molar-refractivity contribution in [1.29, 1.82) is 5.26 Å². The SMILES string of the molecule is [2H]c1c([2H])c([2H])c(-c2c(C#N)c(-n3c4c(ccc5c6ccccc6sc54)c4c(-c5c([2H])c([2H])c([2H])c([2H])c5[2H])cc5c6ccccc6sc5c43)c(-c3c([2H])c([2H])c([2H])c([2H])c3[2H])c(-n3c4c([2H])c([2H])c([2H])c([2H])c4c4c([2H])c([2H])c([2H])c([2H])c43)c2[N+]#[C-])c([2H])c1[2H]. The smallest absolute Gasteiger partial charge is 0.220 e. The lowest BCUT2D eigenvalue weighted by Crippen LogP contribution is -2.09. The maximum atomic E-state index is 12.5. The molecule has 0 saturated heterocycles. The highest BCUT2D eigenvalue weighted by Gasteiger charge is 2.33. The third kappa shape index (κ3) is 5.33. The molecule has 0 unspecified atom stereocenters. The van der Waals surface area contributed by atoms with Gasteiger partial charge in [0.25, 0.3) is 0 Å². The van der Waals surface area contributed by atoms with Crippen LogP contribution in [0.1, 0.15) is 37.1 Å². The molecule has 14 aromatic rings. The van der Waals surface area contributed by atoms with Crippen LogP contribution in [0.4, 0.5) is 5.69 Å². The van der Waals surface area contributed by atoms with E-state index < -0.39 is 206 Å². The van der Waals surface area contributed by atoms with E-state index in [2.05, 4.69) is 10.9 Å². The van der Waals surface area contributed by atoms with Crippen LogP contribution in [0.25, 0.3) is 134 Å². The Morgan fingerprint density at radius 3 is 1.60 bits per heavy atom. The molecule has 68 heavy (non-hydrogen) atoms. The van der Waals surface area contributed by atoms with Gasteiger partial charge in [-0.1, -0.05) is 175 Å². The Balaban J connectivity index is 1.44. The number of hydrogen-bond donors (Lipinski definition) is 0. The quantitative estimate of drug-likeness (QED) is 0.159. The van der Waals surface area contributed by atoms with Crippen LogP contribution in [-0.2, 0) is 0 Å². The summed E-state index contributed by atoms with van der Waals surface area (Å²) >= 11 is 2.44. The van der Waals surface area contributed by atoms with E-state index in [0.717, 1.165) is 4.57 Å². The second-order valence-corrected chi connectivity index (χ2v) is 17.7. The molecule has 0 fully saturated rings. The highest BCUT2D eigenvalue weighted by Crippen LogP contribution is 2.55. The van der Waals surface area contributed by atoms with Gasteiger partial charge in [0.05, 0.1) is 86.5 Å². The highest BCUT2D eigenvalue weighted by molar-refractivity contribution is 7.27. The standard InChI is InChI=1S/C62H34N4S2/c1-64-56-53(38-21-7-3-8-22-38)48(36-63)57(54(39-23-9-4-10-24-39)59(56)65-49-29-15-11-25-40(49)41-26-12-16-30-50(41)65)66-58-45(34-33-44-42-27-13-17-31-51(42)67-61(44)58)55-46(37-19-5-2-6-20-37)35-47-43-28-14-18-32-52(43)68-62(47)60(55)66/h2-35H/i2D,3D,4D,5D,6D,7D,8D,9D,10D,11D,12D,15D,16D,19D,20D,21D,22D,23D,24D,25D,26D,29D,30D. The first-order valence-electron chi connectivity index (χ1n) is 32.2. The first-order valence-corrected chi connectivity index (χ1v) is 22.4. The molecule has 0 spiro atoms. The predicted molar refractivity (Wildman–Crippen MR) is 288 cm³/mol. The van der Waals surface area contributed by atoms with Crippen LogP contribution >= 0.6 is 22.7 Å². The van der Waals surface area contributed by atoms with Crippen LogP contribution in [0.5, 0.6) is 0 Å². The van der Waals surface area contributed by atoms with Gasteiger partial charge >= 0.3 is 0 Å². The number of para-hydroxylation sites is 2. The molecule has 314 valence electrons. The summed E-state index contributed by atoms with van der Waals surface area (Å²) in [5.41, 5.74) is -7.62. The number of rotatable bonds is 5.